The second-order valence-electron chi connectivity index (χ2n) is 7.19. The van der Waals surface area contributed by atoms with Crippen LogP contribution in [0.1, 0.15) is 31.9 Å². The highest BCUT2D eigenvalue weighted by Gasteiger charge is 2.25. The number of hydrogen-bond acceptors (Lipinski definition) is 5. The van der Waals surface area contributed by atoms with Crippen LogP contribution in [0, 0.1) is 6.92 Å². The third-order valence-corrected chi connectivity index (χ3v) is 7.16. The van der Waals surface area contributed by atoms with Crippen LogP contribution in [0.4, 0.5) is 0 Å². The van der Waals surface area contributed by atoms with Crippen molar-refractivity contribution in [2.24, 2.45) is 4.99 Å². The average Bonchev–Trinajstić information content (AvgIpc) is 3.39. The SMILES string of the molecule is CN=C(NCc1ncc(C)s1)NCC(c1ccccc1)N1CCc2sccc2C1. The molecule has 0 bridgehead atoms. The molecule has 1 atom stereocenters. The Balaban J connectivity index is 1.43. The Bertz CT molecular complexity index is 947. The normalized spacial score (nSPS) is 15.7. The van der Waals surface area contributed by atoms with E-state index >= 15 is 0 Å². The molecule has 5 nitrogen and oxygen atoms in total. The zero-order chi connectivity index (χ0) is 20.1. The predicted octanol–water partition coefficient (Wildman–Crippen LogP) is 3.98. The van der Waals surface area contributed by atoms with Crippen LogP contribution in [-0.2, 0) is 19.5 Å². The summed E-state index contributed by atoms with van der Waals surface area (Å²) in [6, 6.07) is 13.4. The fourth-order valence-electron chi connectivity index (χ4n) is 3.73. The molecule has 0 saturated heterocycles. The predicted molar refractivity (Wildman–Crippen MR) is 123 cm³/mol. The lowest BCUT2D eigenvalue weighted by Crippen LogP contribution is -2.44. The maximum atomic E-state index is 4.42. The quantitative estimate of drug-likeness (QED) is 0.463. The van der Waals surface area contributed by atoms with Crippen LogP contribution in [0.3, 0.4) is 0 Å². The van der Waals surface area contributed by atoms with Gasteiger partial charge < -0.3 is 10.6 Å². The molecule has 4 rings (SSSR count). The average molecular weight is 426 g/mol. The molecule has 7 heteroatoms. The van der Waals surface area contributed by atoms with Crippen LogP contribution in [0.2, 0.25) is 0 Å². The van der Waals surface area contributed by atoms with Crippen LogP contribution in [0.5, 0.6) is 0 Å². The van der Waals surface area contributed by atoms with Crippen molar-refractivity contribution in [3.63, 3.8) is 0 Å². The monoisotopic (exact) mass is 425 g/mol. The van der Waals surface area contributed by atoms with E-state index in [1.807, 2.05) is 24.6 Å². The van der Waals surface area contributed by atoms with Gasteiger partial charge >= 0.3 is 0 Å². The Kier molecular flexibility index (Phi) is 6.59. The molecule has 1 aromatic carbocycles. The summed E-state index contributed by atoms with van der Waals surface area (Å²) in [5.41, 5.74) is 2.81. The molecular weight excluding hydrogens is 398 g/mol. The van der Waals surface area contributed by atoms with E-state index in [-0.39, 0.29) is 0 Å². The molecule has 0 amide bonds. The lowest BCUT2D eigenvalue weighted by atomic mass is 10.0. The fourth-order valence-corrected chi connectivity index (χ4v) is 5.34. The second-order valence-corrected chi connectivity index (χ2v) is 9.51. The Labute approximate surface area is 180 Å². The highest BCUT2D eigenvalue weighted by atomic mass is 32.1. The Hall–Kier alpha value is -2.22. The molecule has 0 aliphatic carbocycles. The first-order valence-electron chi connectivity index (χ1n) is 9.93. The van der Waals surface area contributed by atoms with Gasteiger partial charge in [-0.2, -0.15) is 0 Å². The van der Waals surface area contributed by atoms with Crippen molar-refractivity contribution in [3.8, 4) is 0 Å². The van der Waals surface area contributed by atoms with Gasteiger partial charge in [-0.1, -0.05) is 30.3 Å². The zero-order valence-electron chi connectivity index (χ0n) is 16.9. The highest BCUT2D eigenvalue weighted by Crippen LogP contribution is 2.30. The number of aliphatic imine (C=N–C) groups is 1. The molecule has 0 spiro atoms. The van der Waals surface area contributed by atoms with Crippen molar-refractivity contribution in [1.82, 2.24) is 20.5 Å². The lowest BCUT2D eigenvalue weighted by molar-refractivity contribution is 0.181. The number of nitrogens with one attached hydrogen (secondary N) is 2. The molecule has 1 aliphatic rings. The van der Waals surface area contributed by atoms with Gasteiger partial charge in [0.1, 0.15) is 5.01 Å². The first kappa shape index (κ1) is 20.1. The number of thiophene rings is 1. The van der Waals surface area contributed by atoms with Gasteiger partial charge in [-0.05, 0) is 35.9 Å². The van der Waals surface area contributed by atoms with E-state index in [4.69, 9.17) is 0 Å². The second kappa shape index (κ2) is 9.52. The first-order valence-corrected chi connectivity index (χ1v) is 11.6. The van der Waals surface area contributed by atoms with E-state index in [2.05, 4.69) is 74.2 Å². The van der Waals surface area contributed by atoms with Crippen LogP contribution in [0.25, 0.3) is 0 Å². The Morgan fingerprint density at radius 1 is 1.24 bits per heavy atom. The molecule has 1 unspecified atom stereocenters. The summed E-state index contributed by atoms with van der Waals surface area (Å²) < 4.78 is 0. The number of guanidine groups is 1. The molecule has 3 aromatic rings. The number of thiazole rings is 1. The minimum absolute atomic E-state index is 0.296. The van der Waals surface area contributed by atoms with Gasteiger partial charge in [0.25, 0.3) is 0 Å². The molecule has 0 saturated carbocycles. The molecule has 1 aliphatic heterocycles. The van der Waals surface area contributed by atoms with Crippen molar-refractivity contribution in [3.05, 3.63) is 73.9 Å². The smallest absolute Gasteiger partial charge is 0.191 e. The van der Waals surface area contributed by atoms with Crippen molar-refractivity contribution >= 4 is 28.6 Å². The first-order chi connectivity index (χ1) is 14.2. The fraction of sp³-hybridized carbons (Fsp3) is 0.364. The molecule has 0 radical (unpaired) electrons. The van der Waals surface area contributed by atoms with Crippen molar-refractivity contribution in [2.75, 3.05) is 20.1 Å². The number of nitrogens with zero attached hydrogens (tertiary/aromatic N) is 3. The largest absolute Gasteiger partial charge is 0.354 e. The number of aryl methyl sites for hydroxylation is 1. The minimum Gasteiger partial charge on any atom is -0.354 e. The Morgan fingerprint density at radius 2 is 2.10 bits per heavy atom. The van der Waals surface area contributed by atoms with Crippen LogP contribution in [0.15, 0.2) is 53.0 Å². The summed E-state index contributed by atoms with van der Waals surface area (Å²) in [5.74, 6) is 0.812. The maximum Gasteiger partial charge on any atom is 0.191 e. The molecule has 2 aromatic heterocycles. The number of rotatable bonds is 6. The topological polar surface area (TPSA) is 52.6 Å². The van der Waals surface area contributed by atoms with Crippen molar-refractivity contribution < 1.29 is 0 Å². The third-order valence-electron chi connectivity index (χ3n) is 5.22. The highest BCUT2D eigenvalue weighted by molar-refractivity contribution is 7.11. The summed E-state index contributed by atoms with van der Waals surface area (Å²) in [4.78, 5) is 14.2. The summed E-state index contributed by atoms with van der Waals surface area (Å²) >= 11 is 3.60. The van der Waals surface area contributed by atoms with E-state index in [1.165, 1.54) is 20.9 Å². The van der Waals surface area contributed by atoms with Gasteiger partial charge in [0.2, 0.25) is 0 Å². The molecule has 29 heavy (non-hydrogen) atoms. The summed E-state index contributed by atoms with van der Waals surface area (Å²) in [6.07, 6.45) is 3.05. The molecule has 2 N–H and O–H groups in total. The number of fused-ring (bicyclic) bond motifs is 1. The molecule has 3 heterocycles. The maximum absolute atomic E-state index is 4.42. The number of aromatic nitrogens is 1. The lowest BCUT2D eigenvalue weighted by Gasteiger charge is -2.35. The van der Waals surface area contributed by atoms with E-state index in [1.54, 1.807) is 11.3 Å². The van der Waals surface area contributed by atoms with E-state index in [9.17, 15) is 0 Å². The van der Waals surface area contributed by atoms with Gasteiger partial charge in [0.15, 0.2) is 5.96 Å². The third kappa shape index (κ3) is 5.04. The van der Waals surface area contributed by atoms with Gasteiger partial charge in [-0.3, -0.25) is 9.89 Å². The standard InChI is InChI=1S/C22H27N5S2/c1-16-12-24-21(29-16)14-26-22(23-2)25-13-19(17-6-4-3-5-7-17)27-10-8-20-18(15-27)9-11-28-20/h3-7,9,11-12,19H,8,10,13-15H2,1-2H3,(H2,23,25,26). The Morgan fingerprint density at radius 3 is 2.86 bits per heavy atom. The van der Waals surface area contributed by atoms with E-state index in [0.29, 0.717) is 12.6 Å². The summed E-state index contributed by atoms with van der Waals surface area (Å²) in [7, 11) is 1.82. The summed E-state index contributed by atoms with van der Waals surface area (Å²) in [5, 5.41) is 10.2. The molecule has 152 valence electrons. The van der Waals surface area contributed by atoms with Crippen molar-refractivity contribution in [1.29, 1.82) is 0 Å². The van der Waals surface area contributed by atoms with Crippen LogP contribution in [-0.4, -0.2) is 36.0 Å². The van der Waals surface area contributed by atoms with Gasteiger partial charge in [-0.25, -0.2) is 4.98 Å². The van der Waals surface area contributed by atoms with E-state index < -0.39 is 0 Å². The van der Waals surface area contributed by atoms with Crippen LogP contribution >= 0.6 is 22.7 Å². The van der Waals surface area contributed by atoms with E-state index in [0.717, 1.165) is 37.0 Å². The van der Waals surface area contributed by atoms with Crippen LogP contribution < -0.4 is 10.6 Å². The number of hydrogen-bond donors (Lipinski definition) is 2. The minimum atomic E-state index is 0.296. The number of benzene rings is 1. The van der Waals surface area contributed by atoms with Gasteiger partial charge in [0, 0.05) is 42.6 Å². The molecular formula is C22H27N5S2. The van der Waals surface area contributed by atoms with Gasteiger partial charge in [-0.15, -0.1) is 22.7 Å². The van der Waals surface area contributed by atoms with Crippen molar-refractivity contribution in [2.45, 2.75) is 32.5 Å². The summed E-state index contributed by atoms with van der Waals surface area (Å²) in [6.45, 7) is 5.66. The van der Waals surface area contributed by atoms with Gasteiger partial charge in [0.05, 0.1) is 12.6 Å². The molecule has 0 fully saturated rings. The zero-order valence-corrected chi connectivity index (χ0v) is 18.5.